The molecule has 0 unspecified atom stereocenters. The number of thioether (sulfide) groups is 2. The molecule has 2 aromatic heterocycles. The van der Waals surface area contributed by atoms with Gasteiger partial charge in [-0.2, -0.15) is 0 Å². The Morgan fingerprint density at radius 2 is 1.07 bits per heavy atom. The summed E-state index contributed by atoms with van der Waals surface area (Å²) in [4.78, 5) is 9.33. The molecule has 0 saturated heterocycles. The molecular weight excluding hydrogens is 404 g/mol. The van der Waals surface area contributed by atoms with Gasteiger partial charge in [-0.05, 0) is 47.9 Å². The average molecular weight is 433 g/mol. The molecule has 156 valence electrons. The van der Waals surface area contributed by atoms with Gasteiger partial charge in [0, 0.05) is 23.9 Å². The van der Waals surface area contributed by atoms with Gasteiger partial charge in [0.1, 0.15) is 0 Å². The lowest BCUT2D eigenvalue weighted by Crippen LogP contribution is -2.22. The van der Waals surface area contributed by atoms with Gasteiger partial charge in [-0.1, -0.05) is 12.1 Å². The van der Waals surface area contributed by atoms with Crippen LogP contribution >= 0.6 is 23.5 Å². The Kier molecular flexibility index (Phi) is 8.25. The van der Waals surface area contributed by atoms with Crippen LogP contribution < -0.4 is 0 Å². The molecule has 2 aromatic rings. The third kappa shape index (κ3) is 6.18. The first-order chi connectivity index (χ1) is 14.4. The second-order valence-corrected chi connectivity index (χ2v) is 9.41. The van der Waals surface area contributed by atoms with Gasteiger partial charge in [-0.15, -0.1) is 23.5 Å². The Morgan fingerprint density at radius 1 is 0.621 bits per heavy atom. The van der Waals surface area contributed by atoms with Crippen LogP contribution in [-0.2, 0) is 14.2 Å². The zero-order valence-corrected chi connectivity index (χ0v) is 18.3. The van der Waals surface area contributed by atoms with Crippen molar-refractivity contribution in [3.05, 3.63) is 47.8 Å². The van der Waals surface area contributed by atoms with E-state index in [4.69, 9.17) is 14.2 Å². The van der Waals surface area contributed by atoms with E-state index in [0.29, 0.717) is 51.5 Å². The lowest BCUT2D eigenvalue weighted by atomic mass is 9.67. The van der Waals surface area contributed by atoms with Crippen LogP contribution in [0.1, 0.15) is 35.8 Å². The first kappa shape index (κ1) is 21.1. The maximum atomic E-state index is 5.63. The molecule has 0 aromatic carbocycles. The van der Waals surface area contributed by atoms with Crippen LogP contribution in [0.15, 0.2) is 46.7 Å². The number of pyridine rings is 2. The summed E-state index contributed by atoms with van der Waals surface area (Å²) in [5.74, 6) is 2.91. The molecule has 6 rings (SSSR count). The van der Waals surface area contributed by atoms with Crippen molar-refractivity contribution < 1.29 is 14.2 Å². The number of rotatable bonds is 0. The molecule has 1 fully saturated rings. The topological polar surface area (TPSA) is 53.5 Å². The summed E-state index contributed by atoms with van der Waals surface area (Å²) < 4.78 is 16.8. The predicted octanol–water partition coefficient (Wildman–Crippen LogP) is 4.39. The minimum Gasteiger partial charge on any atom is -0.378 e. The Morgan fingerprint density at radius 3 is 1.45 bits per heavy atom. The summed E-state index contributed by atoms with van der Waals surface area (Å²) in [6, 6.07) is 8.78. The summed E-state index contributed by atoms with van der Waals surface area (Å²) in [6.07, 6.45) is 6.56. The van der Waals surface area contributed by atoms with Crippen molar-refractivity contribution in [2.24, 2.45) is 0 Å². The summed E-state index contributed by atoms with van der Waals surface area (Å²) in [5.41, 5.74) is 2.68. The van der Waals surface area contributed by atoms with E-state index in [-0.39, 0.29) is 0 Å². The number of hydrogen-bond donors (Lipinski definition) is 0. The molecule has 5 nitrogen and oxygen atoms in total. The van der Waals surface area contributed by atoms with Crippen LogP contribution in [0.2, 0.25) is 0 Å². The lowest BCUT2D eigenvalue weighted by Gasteiger charge is -2.37. The van der Waals surface area contributed by atoms with Crippen molar-refractivity contribution >= 4 is 23.5 Å². The molecule has 1 aliphatic carbocycles. The van der Waals surface area contributed by atoms with Gasteiger partial charge in [0.05, 0.1) is 49.7 Å². The van der Waals surface area contributed by atoms with Crippen LogP contribution in [-0.4, -0.2) is 61.1 Å². The maximum absolute atomic E-state index is 5.63. The van der Waals surface area contributed by atoms with Crippen LogP contribution in [0, 0.1) is 0 Å². The average Bonchev–Trinajstić information content (AvgIpc) is 2.72. The van der Waals surface area contributed by atoms with Crippen molar-refractivity contribution in [1.29, 1.82) is 0 Å². The number of ether oxygens (including phenoxy) is 3. The molecule has 29 heavy (non-hydrogen) atoms. The van der Waals surface area contributed by atoms with E-state index in [2.05, 4.69) is 46.6 Å². The smallest absolute Gasteiger partial charge is 0.0960 e. The van der Waals surface area contributed by atoms with E-state index >= 15 is 0 Å². The third-order valence-electron chi connectivity index (χ3n) is 5.35. The molecule has 4 aliphatic rings. The number of nitrogens with zero attached hydrogens (tertiary/aromatic N) is 2. The molecule has 0 spiro atoms. The van der Waals surface area contributed by atoms with E-state index in [1.807, 2.05) is 0 Å². The fraction of sp³-hybridized carbons (Fsp3) is 0.545. The lowest BCUT2D eigenvalue weighted by molar-refractivity contribution is 0.0205. The summed E-state index contributed by atoms with van der Waals surface area (Å²) in [5, 5.41) is 2.12. The van der Waals surface area contributed by atoms with Gasteiger partial charge in [0.25, 0.3) is 0 Å². The molecule has 7 heteroatoms. The van der Waals surface area contributed by atoms with Gasteiger partial charge in [-0.25, -0.2) is 9.97 Å². The Labute approximate surface area is 181 Å². The van der Waals surface area contributed by atoms with Crippen LogP contribution in [0.4, 0.5) is 0 Å². The Bertz CT molecular complexity index is 679. The monoisotopic (exact) mass is 432 g/mol. The van der Waals surface area contributed by atoms with E-state index < -0.39 is 0 Å². The highest BCUT2D eigenvalue weighted by molar-refractivity contribution is 7.99. The highest BCUT2D eigenvalue weighted by atomic mass is 32.2. The Balaban J connectivity index is 1.39. The number of aromatic nitrogens is 2. The number of hydrogen-bond acceptors (Lipinski definition) is 7. The molecule has 5 heterocycles. The summed E-state index contributed by atoms with van der Waals surface area (Å²) in [6.45, 7) is 3.86. The predicted molar refractivity (Wildman–Crippen MR) is 117 cm³/mol. The fourth-order valence-electron chi connectivity index (χ4n) is 3.64. The molecule has 3 aliphatic heterocycles. The van der Waals surface area contributed by atoms with Crippen molar-refractivity contribution in [2.45, 2.75) is 34.7 Å². The Hall–Kier alpha value is -1.12. The first-order valence-electron chi connectivity index (χ1n) is 10.3. The maximum Gasteiger partial charge on any atom is 0.0960 e. The normalized spacial score (nSPS) is 24.6. The molecule has 0 amide bonds. The van der Waals surface area contributed by atoms with Crippen molar-refractivity contribution in [3.63, 3.8) is 0 Å². The van der Waals surface area contributed by atoms with Crippen LogP contribution in [0.25, 0.3) is 0 Å². The summed E-state index contributed by atoms with van der Waals surface area (Å²) in [7, 11) is 0. The van der Waals surface area contributed by atoms with Crippen LogP contribution in [0.3, 0.4) is 0 Å². The third-order valence-corrected chi connectivity index (χ3v) is 7.16. The summed E-state index contributed by atoms with van der Waals surface area (Å²) >= 11 is 3.48. The zero-order chi connectivity index (χ0) is 19.7. The fourth-order valence-corrected chi connectivity index (χ4v) is 5.05. The van der Waals surface area contributed by atoms with Gasteiger partial charge in [0.15, 0.2) is 0 Å². The SMILES string of the molecule is c1cc2ncc1[C@H]1CC[C@H]1c1ccc(nc1)SCCOCCOCCOCCS2. The zero-order valence-electron chi connectivity index (χ0n) is 16.6. The van der Waals surface area contributed by atoms with E-state index in [9.17, 15) is 0 Å². The van der Waals surface area contributed by atoms with Gasteiger partial charge >= 0.3 is 0 Å². The quantitative estimate of drug-likeness (QED) is 0.612. The molecule has 2 atom stereocenters. The van der Waals surface area contributed by atoms with Gasteiger partial charge < -0.3 is 14.2 Å². The van der Waals surface area contributed by atoms with E-state index in [0.717, 1.165) is 21.6 Å². The largest absolute Gasteiger partial charge is 0.378 e. The molecule has 0 radical (unpaired) electrons. The van der Waals surface area contributed by atoms with Crippen molar-refractivity contribution in [1.82, 2.24) is 9.97 Å². The standard InChI is InChI=1S/C22H28N2O3S2/c1-5-21-23-15-17(1)19-3-4-20(19)18-2-6-22(24-16-18)29-14-12-27-10-8-25-7-9-26-11-13-28-21/h1-2,5-6,15-16,19-20H,3-4,7-14H2/t19-,20+. The van der Waals surface area contributed by atoms with Crippen LogP contribution in [0.5, 0.6) is 0 Å². The molecule has 4 bridgehead atoms. The second kappa shape index (κ2) is 11.3. The minimum absolute atomic E-state index is 0.556. The molecule has 1 saturated carbocycles. The van der Waals surface area contributed by atoms with Gasteiger partial charge in [0.2, 0.25) is 0 Å². The first-order valence-corrected chi connectivity index (χ1v) is 12.3. The highest BCUT2D eigenvalue weighted by Crippen LogP contribution is 2.48. The number of fused-ring (bicyclic) bond motifs is 2. The van der Waals surface area contributed by atoms with E-state index in [1.54, 1.807) is 23.5 Å². The molecule has 0 N–H and O–H groups in total. The second-order valence-electron chi connectivity index (χ2n) is 7.18. The molecular formula is C22H28N2O3S2. The highest BCUT2D eigenvalue weighted by Gasteiger charge is 2.33. The van der Waals surface area contributed by atoms with E-state index in [1.165, 1.54) is 24.0 Å². The van der Waals surface area contributed by atoms with Crippen molar-refractivity contribution in [2.75, 3.05) is 51.1 Å². The minimum atomic E-state index is 0.556. The van der Waals surface area contributed by atoms with Gasteiger partial charge in [-0.3, -0.25) is 0 Å². The van der Waals surface area contributed by atoms with Crippen molar-refractivity contribution in [3.8, 4) is 0 Å².